The number of rotatable bonds is 9. The van der Waals surface area contributed by atoms with Gasteiger partial charge in [0.15, 0.2) is 0 Å². The number of pyridine rings is 1. The molecule has 0 fully saturated rings. The smallest absolute Gasteiger partial charge is 0.214 e. The maximum atomic E-state index is 12.2. The lowest BCUT2D eigenvalue weighted by atomic mass is 10.3. The van der Waals surface area contributed by atoms with Crippen molar-refractivity contribution < 1.29 is 13.2 Å². The van der Waals surface area contributed by atoms with Gasteiger partial charge in [-0.3, -0.25) is 4.98 Å². The Balaban J connectivity index is 2.64. The minimum atomic E-state index is -3.40. The quantitative estimate of drug-likeness (QED) is 0.673. The van der Waals surface area contributed by atoms with Crippen LogP contribution in [0.15, 0.2) is 24.4 Å². The van der Waals surface area contributed by atoms with Gasteiger partial charge in [0.25, 0.3) is 0 Å². The number of hydrogen-bond donors (Lipinski definition) is 0. The van der Waals surface area contributed by atoms with Crippen molar-refractivity contribution in [1.29, 1.82) is 5.26 Å². The van der Waals surface area contributed by atoms with Crippen molar-refractivity contribution in [3.8, 4) is 6.07 Å². The van der Waals surface area contributed by atoms with E-state index in [0.29, 0.717) is 13.0 Å². The van der Waals surface area contributed by atoms with Gasteiger partial charge in [-0.1, -0.05) is 6.07 Å². The van der Waals surface area contributed by atoms with Gasteiger partial charge >= 0.3 is 0 Å². The number of aryl methyl sites for hydroxylation is 1. The van der Waals surface area contributed by atoms with Gasteiger partial charge in [0.05, 0.1) is 18.4 Å². The van der Waals surface area contributed by atoms with E-state index in [2.05, 4.69) is 4.98 Å². The van der Waals surface area contributed by atoms with Crippen LogP contribution in [-0.4, -0.2) is 50.3 Å². The molecule has 0 radical (unpaired) electrons. The topological polar surface area (TPSA) is 83.3 Å². The predicted octanol–water partition coefficient (Wildman–Crippen LogP) is 0.816. The van der Waals surface area contributed by atoms with Crippen LogP contribution in [0.3, 0.4) is 0 Å². The van der Waals surface area contributed by atoms with E-state index in [1.807, 2.05) is 12.1 Å². The van der Waals surface area contributed by atoms with Crippen molar-refractivity contribution in [2.45, 2.75) is 12.8 Å². The molecule has 0 aliphatic carbocycles. The molecular formula is C13H19N3O3S. The molecule has 0 saturated heterocycles. The highest BCUT2D eigenvalue weighted by Gasteiger charge is 2.21. The van der Waals surface area contributed by atoms with Crippen molar-refractivity contribution in [2.24, 2.45) is 0 Å². The van der Waals surface area contributed by atoms with Crippen molar-refractivity contribution >= 4 is 10.0 Å². The van der Waals surface area contributed by atoms with Crippen molar-refractivity contribution in [3.63, 3.8) is 0 Å². The average Bonchev–Trinajstić information content (AvgIpc) is 2.46. The Morgan fingerprint density at radius 2 is 2.20 bits per heavy atom. The van der Waals surface area contributed by atoms with Crippen LogP contribution < -0.4 is 0 Å². The standard InChI is InChI=1S/C13H19N3O3S/c1-19-11-10-16(9-4-7-14)20(17,18)12-6-13-5-2-3-8-15-13/h2-3,5,8H,4,6,9-12H2,1H3. The van der Waals surface area contributed by atoms with Gasteiger partial charge in [0, 0.05) is 44.9 Å². The first kappa shape index (κ1) is 16.6. The van der Waals surface area contributed by atoms with Crippen LogP contribution in [0.2, 0.25) is 0 Å². The third-order valence-electron chi connectivity index (χ3n) is 2.75. The third kappa shape index (κ3) is 5.65. The molecule has 1 aromatic heterocycles. The van der Waals surface area contributed by atoms with E-state index in [-0.39, 0.29) is 25.3 Å². The molecule has 110 valence electrons. The van der Waals surface area contributed by atoms with Crippen LogP contribution in [-0.2, 0) is 21.2 Å². The zero-order chi connectivity index (χ0) is 14.8. The minimum absolute atomic E-state index is 0.0147. The first-order chi connectivity index (χ1) is 9.60. The lowest BCUT2D eigenvalue weighted by Crippen LogP contribution is -2.36. The Morgan fingerprint density at radius 3 is 2.80 bits per heavy atom. The van der Waals surface area contributed by atoms with E-state index < -0.39 is 10.0 Å². The van der Waals surface area contributed by atoms with Gasteiger partial charge in [0.1, 0.15) is 0 Å². The molecule has 6 nitrogen and oxygen atoms in total. The zero-order valence-electron chi connectivity index (χ0n) is 11.5. The highest BCUT2D eigenvalue weighted by atomic mass is 32.2. The Hall–Kier alpha value is -1.49. The zero-order valence-corrected chi connectivity index (χ0v) is 12.3. The molecule has 0 spiro atoms. The Morgan fingerprint density at radius 1 is 1.40 bits per heavy atom. The fourth-order valence-corrected chi connectivity index (χ4v) is 3.11. The van der Waals surface area contributed by atoms with Crippen LogP contribution in [0.25, 0.3) is 0 Å². The second kappa shape index (κ2) is 8.64. The maximum absolute atomic E-state index is 12.2. The van der Waals surface area contributed by atoms with Crippen LogP contribution in [0.1, 0.15) is 12.1 Å². The molecule has 20 heavy (non-hydrogen) atoms. The van der Waals surface area contributed by atoms with E-state index in [4.69, 9.17) is 10.00 Å². The molecule has 0 N–H and O–H groups in total. The Bertz CT molecular complexity index is 526. The van der Waals surface area contributed by atoms with Gasteiger partial charge in [-0.2, -0.15) is 9.57 Å². The summed E-state index contributed by atoms with van der Waals surface area (Å²) in [6, 6.07) is 7.37. The fourth-order valence-electron chi connectivity index (χ4n) is 1.67. The summed E-state index contributed by atoms with van der Waals surface area (Å²) in [5.74, 6) is -0.0147. The van der Waals surface area contributed by atoms with E-state index in [1.54, 1.807) is 18.3 Å². The van der Waals surface area contributed by atoms with Crippen molar-refractivity contribution in [1.82, 2.24) is 9.29 Å². The number of ether oxygens (including phenoxy) is 1. The summed E-state index contributed by atoms with van der Waals surface area (Å²) in [7, 11) is -1.89. The molecule has 0 saturated carbocycles. The van der Waals surface area contributed by atoms with Gasteiger partial charge in [0.2, 0.25) is 10.0 Å². The third-order valence-corrected chi connectivity index (χ3v) is 4.63. The van der Waals surface area contributed by atoms with Crippen LogP contribution in [0, 0.1) is 11.3 Å². The van der Waals surface area contributed by atoms with Crippen molar-refractivity contribution in [3.05, 3.63) is 30.1 Å². The van der Waals surface area contributed by atoms with Crippen LogP contribution in [0.4, 0.5) is 0 Å². The summed E-state index contributed by atoms with van der Waals surface area (Å²) < 4.78 is 30.7. The lowest BCUT2D eigenvalue weighted by Gasteiger charge is -2.20. The summed E-state index contributed by atoms with van der Waals surface area (Å²) in [6.07, 6.45) is 2.17. The summed E-state index contributed by atoms with van der Waals surface area (Å²) in [5.41, 5.74) is 0.739. The summed E-state index contributed by atoms with van der Waals surface area (Å²) in [5, 5.41) is 8.60. The van der Waals surface area contributed by atoms with Crippen LogP contribution in [0.5, 0.6) is 0 Å². The molecule has 0 amide bonds. The largest absolute Gasteiger partial charge is 0.383 e. The second-order valence-corrected chi connectivity index (χ2v) is 6.28. The molecule has 0 atom stereocenters. The maximum Gasteiger partial charge on any atom is 0.214 e. The lowest BCUT2D eigenvalue weighted by molar-refractivity contribution is 0.179. The average molecular weight is 297 g/mol. The Kier molecular flexibility index (Phi) is 7.15. The predicted molar refractivity (Wildman–Crippen MR) is 75.4 cm³/mol. The van der Waals surface area contributed by atoms with E-state index in [0.717, 1.165) is 5.69 Å². The highest BCUT2D eigenvalue weighted by Crippen LogP contribution is 2.06. The number of aromatic nitrogens is 1. The van der Waals surface area contributed by atoms with Gasteiger partial charge in [-0.15, -0.1) is 0 Å². The summed E-state index contributed by atoms with van der Waals surface area (Å²) in [6.45, 7) is 0.779. The molecule has 0 aliphatic rings. The van der Waals surface area contributed by atoms with Gasteiger partial charge in [-0.25, -0.2) is 8.42 Å². The molecule has 0 unspecified atom stereocenters. The minimum Gasteiger partial charge on any atom is -0.383 e. The number of hydrogen-bond acceptors (Lipinski definition) is 5. The van der Waals surface area contributed by atoms with Gasteiger partial charge < -0.3 is 4.74 Å². The van der Waals surface area contributed by atoms with Gasteiger partial charge in [-0.05, 0) is 12.1 Å². The molecular weight excluding hydrogens is 278 g/mol. The first-order valence-electron chi connectivity index (χ1n) is 6.34. The van der Waals surface area contributed by atoms with Crippen LogP contribution >= 0.6 is 0 Å². The molecule has 7 heteroatoms. The second-order valence-electron chi connectivity index (χ2n) is 4.19. The highest BCUT2D eigenvalue weighted by molar-refractivity contribution is 7.89. The summed E-state index contributed by atoms with van der Waals surface area (Å²) >= 11 is 0. The molecule has 1 heterocycles. The molecule has 0 bridgehead atoms. The first-order valence-corrected chi connectivity index (χ1v) is 7.94. The molecule has 0 aliphatic heterocycles. The van der Waals surface area contributed by atoms with E-state index >= 15 is 0 Å². The number of sulfonamides is 1. The van der Waals surface area contributed by atoms with E-state index in [9.17, 15) is 8.42 Å². The number of methoxy groups -OCH3 is 1. The SMILES string of the molecule is COCCN(CCC#N)S(=O)(=O)CCc1ccccn1. The summed E-state index contributed by atoms with van der Waals surface area (Å²) in [4.78, 5) is 4.11. The molecule has 0 aromatic carbocycles. The van der Waals surface area contributed by atoms with E-state index in [1.165, 1.54) is 11.4 Å². The number of nitrogens with zero attached hydrogens (tertiary/aromatic N) is 3. The Labute approximate surface area is 120 Å². The fraction of sp³-hybridized carbons (Fsp3) is 0.538. The molecule has 1 rings (SSSR count). The van der Waals surface area contributed by atoms with Crippen molar-refractivity contribution in [2.75, 3.05) is 32.6 Å². The normalized spacial score (nSPS) is 11.4. The monoisotopic (exact) mass is 297 g/mol. The number of nitriles is 1. The molecule has 1 aromatic rings.